The van der Waals surface area contributed by atoms with Gasteiger partial charge in [-0.3, -0.25) is 4.79 Å². The summed E-state index contributed by atoms with van der Waals surface area (Å²) in [5.41, 5.74) is 1.32. The summed E-state index contributed by atoms with van der Waals surface area (Å²) in [5, 5.41) is 0. The molecule has 0 unspecified atom stereocenters. The van der Waals surface area contributed by atoms with Crippen molar-refractivity contribution in [2.45, 2.75) is 17.9 Å². The molecule has 1 amide bonds. The lowest BCUT2D eigenvalue weighted by atomic mass is 10.1. The fraction of sp³-hybridized carbons (Fsp3) is 0.316. The Kier molecular flexibility index (Phi) is 5.92. The second-order valence-electron chi connectivity index (χ2n) is 6.00. The third kappa shape index (κ3) is 4.16. The first-order valence-electron chi connectivity index (χ1n) is 7.98. The molecule has 140 valence electrons. The minimum absolute atomic E-state index is 0.175. The number of rotatable bonds is 6. The Morgan fingerprint density at radius 1 is 1.00 bits per heavy atom. The topological polar surface area (TPSA) is 72.9 Å². The predicted octanol–water partition coefficient (Wildman–Crippen LogP) is 2.94. The van der Waals surface area contributed by atoms with Crippen LogP contribution in [-0.4, -0.2) is 46.7 Å². The summed E-state index contributed by atoms with van der Waals surface area (Å²) in [6, 6.07) is 11.3. The second kappa shape index (κ2) is 7.78. The zero-order valence-corrected chi connectivity index (χ0v) is 16.3. The lowest BCUT2D eigenvalue weighted by Crippen LogP contribution is -2.29. The van der Waals surface area contributed by atoms with Gasteiger partial charge in [0.1, 0.15) is 0 Å². The number of sulfone groups is 1. The molecular formula is C19H23NO5S. The largest absolute Gasteiger partial charge is 0.493 e. The van der Waals surface area contributed by atoms with Crippen LogP contribution in [0.4, 0.5) is 0 Å². The Morgan fingerprint density at radius 3 is 2.08 bits per heavy atom. The highest BCUT2D eigenvalue weighted by Crippen LogP contribution is 2.29. The molecule has 2 rings (SSSR count). The van der Waals surface area contributed by atoms with Gasteiger partial charge in [0.2, 0.25) is 0 Å². The van der Waals surface area contributed by atoms with Gasteiger partial charge in [0, 0.05) is 18.9 Å². The van der Waals surface area contributed by atoms with Gasteiger partial charge < -0.3 is 14.4 Å². The Balaban J connectivity index is 2.24. The maximum Gasteiger partial charge on any atom is 0.254 e. The van der Waals surface area contributed by atoms with Gasteiger partial charge in [-0.1, -0.05) is 12.1 Å². The summed E-state index contributed by atoms with van der Waals surface area (Å²) in [4.78, 5) is 14.6. The van der Waals surface area contributed by atoms with Crippen molar-refractivity contribution in [3.63, 3.8) is 0 Å². The van der Waals surface area contributed by atoms with Crippen molar-refractivity contribution in [3.05, 3.63) is 53.6 Å². The molecule has 1 atom stereocenters. The first kappa shape index (κ1) is 19.8. The zero-order valence-electron chi connectivity index (χ0n) is 15.5. The number of carbonyl (C=O) groups excluding carboxylic acids is 1. The number of amides is 1. The Bertz CT molecular complexity index is 891. The molecule has 7 heteroatoms. The quantitative estimate of drug-likeness (QED) is 0.774. The minimum atomic E-state index is -3.25. The van der Waals surface area contributed by atoms with E-state index in [0.717, 1.165) is 11.8 Å². The van der Waals surface area contributed by atoms with Crippen molar-refractivity contribution in [1.29, 1.82) is 0 Å². The molecule has 0 aromatic heterocycles. The number of benzene rings is 2. The highest BCUT2D eigenvalue weighted by Gasteiger charge is 2.21. The zero-order chi connectivity index (χ0) is 19.5. The molecular weight excluding hydrogens is 354 g/mol. The van der Waals surface area contributed by atoms with Crippen molar-refractivity contribution in [1.82, 2.24) is 4.90 Å². The van der Waals surface area contributed by atoms with Gasteiger partial charge in [0.15, 0.2) is 21.3 Å². The SMILES string of the molecule is COc1ccc(C(=O)N(C)[C@H](C)c2ccc(S(C)(=O)=O)cc2)cc1OC. The lowest BCUT2D eigenvalue weighted by Gasteiger charge is -2.26. The third-order valence-corrected chi connectivity index (χ3v) is 5.45. The van der Waals surface area contributed by atoms with Crippen LogP contribution in [0.5, 0.6) is 11.5 Å². The molecule has 0 spiro atoms. The number of hydrogen-bond acceptors (Lipinski definition) is 5. The number of carbonyl (C=O) groups is 1. The maximum absolute atomic E-state index is 12.8. The molecule has 0 aliphatic rings. The van der Waals surface area contributed by atoms with E-state index in [2.05, 4.69) is 0 Å². The van der Waals surface area contributed by atoms with Crippen molar-refractivity contribution in [3.8, 4) is 11.5 Å². The van der Waals surface area contributed by atoms with Gasteiger partial charge in [0.25, 0.3) is 5.91 Å². The molecule has 0 saturated carbocycles. The molecule has 0 heterocycles. The molecule has 0 aliphatic heterocycles. The van der Waals surface area contributed by atoms with E-state index in [4.69, 9.17) is 9.47 Å². The summed E-state index contributed by atoms with van der Waals surface area (Å²) >= 11 is 0. The van der Waals surface area contributed by atoms with Gasteiger partial charge >= 0.3 is 0 Å². The van der Waals surface area contributed by atoms with Crippen molar-refractivity contribution < 1.29 is 22.7 Å². The van der Waals surface area contributed by atoms with Crippen molar-refractivity contribution in [2.24, 2.45) is 0 Å². The van der Waals surface area contributed by atoms with E-state index in [0.29, 0.717) is 17.1 Å². The van der Waals surface area contributed by atoms with Crippen LogP contribution in [0.25, 0.3) is 0 Å². The van der Waals surface area contributed by atoms with Gasteiger partial charge in [-0.05, 0) is 42.8 Å². The van der Waals surface area contributed by atoms with Crippen molar-refractivity contribution >= 4 is 15.7 Å². The molecule has 26 heavy (non-hydrogen) atoms. The van der Waals surface area contributed by atoms with Crippen LogP contribution in [0.2, 0.25) is 0 Å². The molecule has 0 bridgehead atoms. The first-order chi connectivity index (χ1) is 12.2. The fourth-order valence-electron chi connectivity index (χ4n) is 2.57. The van der Waals surface area contributed by atoms with Crippen LogP contribution in [0.15, 0.2) is 47.4 Å². The monoisotopic (exact) mass is 377 g/mol. The first-order valence-corrected chi connectivity index (χ1v) is 9.87. The van der Waals surface area contributed by atoms with E-state index in [1.165, 1.54) is 14.2 Å². The Morgan fingerprint density at radius 2 is 1.58 bits per heavy atom. The van der Waals surface area contributed by atoms with E-state index in [9.17, 15) is 13.2 Å². The standard InChI is InChI=1S/C19H23NO5S/c1-13(14-6-9-16(10-7-14)26(5,22)23)20(2)19(21)15-8-11-17(24-3)18(12-15)25-4/h6-13H,1-5H3/t13-/m1/s1. The predicted molar refractivity (Wildman–Crippen MR) is 99.6 cm³/mol. The Labute approximate surface area is 154 Å². The van der Waals surface area contributed by atoms with Gasteiger partial charge in [0.05, 0.1) is 25.2 Å². The molecule has 2 aromatic rings. The van der Waals surface area contributed by atoms with Gasteiger partial charge in [-0.15, -0.1) is 0 Å². The molecule has 0 N–H and O–H groups in total. The number of methoxy groups -OCH3 is 2. The molecule has 0 fully saturated rings. The summed E-state index contributed by atoms with van der Waals surface area (Å²) in [6.45, 7) is 1.88. The highest BCUT2D eigenvalue weighted by molar-refractivity contribution is 7.90. The number of ether oxygens (including phenoxy) is 2. The highest BCUT2D eigenvalue weighted by atomic mass is 32.2. The normalized spacial score (nSPS) is 12.3. The van der Waals surface area contributed by atoms with Crippen LogP contribution in [0.1, 0.15) is 28.9 Å². The van der Waals surface area contributed by atoms with E-state index < -0.39 is 9.84 Å². The van der Waals surface area contributed by atoms with E-state index in [1.54, 1.807) is 54.4 Å². The average Bonchev–Trinajstić information content (AvgIpc) is 2.65. The second-order valence-corrected chi connectivity index (χ2v) is 8.02. The number of nitrogens with zero attached hydrogens (tertiary/aromatic N) is 1. The smallest absolute Gasteiger partial charge is 0.254 e. The van der Waals surface area contributed by atoms with Crippen molar-refractivity contribution in [2.75, 3.05) is 27.5 Å². The molecule has 0 saturated heterocycles. The molecule has 0 aliphatic carbocycles. The fourth-order valence-corrected chi connectivity index (χ4v) is 3.20. The van der Waals surface area contributed by atoms with E-state index >= 15 is 0 Å². The number of hydrogen-bond donors (Lipinski definition) is 0. The minimum Gasteiger partial charge on any atom is -0.493 e. The van der Waals surface area contributed by atoms with Gasteiger partial charge in [-0.2, -0.15) is 0 Å². The summed E-state index contributed by atoms with van der Waals surface area (Å²) in [6.07, 6.45) is 1.16. The van der Waals surface area contributed by atoms with Crippen LogP contribution < -0.4 is 9.47 Å². The van der Waals surface area contributed by atoms with E-state index in [1.807, 2.05) is 6.92 Å². The average molecular weight is 377 g/mol. The van der Waals surface area contributed by atoms with Crippen LogP contribution in [0, 0.1) is 0 Å². The summed E-state index contributed by atoms with van der Waals surface area (Å²) < 4.78 is 33.6. The van der Waals surface area contributed by atoms with Crippen LogP contribution >= 0.6 is 0 Å². The molecule has 6 nitrogen and oxygen atoms in total. The van der Waals surface area contributed by atoms with Crippen LogP contribution in [0.3, 0.4) is 0 Å². The lowest BCUT2D eigenvalue weighted by molar-refractivity contribution is 0.0742. The maximum atomic E-state index is 12.8. The molecule has 0 radical (unpaired) electrons. The van der Waals surface area contributed by atoms with Gasteiger partial charge in [-0.25, -0.2) is 8.42 Å². The molecule has 2 aromatic carbocycles. The van der Waals surface area contributed by atoms with E-state index in [-0.39, 0.29) is 16.8 Å². The summed E-state index contributed by atoms with van der Waals surface area (Å²) in [7, 11) is 1.51. The third-order valence-electron chi connectivity index (χ3n) is 4.32. The summed E-state index contributed by atoms with van der Waals surface area (Å²) in [5.74, 6) is 0.860. The van der Waals surface area contributed by atoms with Crippen LogP contribution in [-0.2, 0) is 9.84 Å². The Hall–Kier alpha value is -2.54.